The number of oxazole rings is 1. The molecule has 0 aliphatic rings. The molecule has 2 heterocycles. The molecule has 0 saturated heterocycles. The highest BCUT2D eigenvalue weighted by molar-refractivity contribution is 5.58. The van der Waals surface area contributed by atoms with Gasteiger partial charge in [0, 0.05) is 23.9 Å². The van der Waals surface area contributed by atoms with Gasteiger partial charge in [-0.1, -0.05) is 26.0 Å². The molecule has 5 heteroatoms. The topological polar surface area (TPSA) is 53.1 Å². The molecule has 5 nitrogen and oxygen atoms in total. The SMILES string of the molecule is CC(C)c1ncc(-c2cccc(OCCn3ccnc3)c2)o1. The number of hydrogen-bond acceptors (Lipinski definition) is 4. The molecule has 0 saturated carbocycles. The van der Waals surface area contributed by atoms with E-state index in [0.29, 0.717) is 6.61 Å². The summed E-state index contributed by atoms with van der Waals surface area (Å²) in [6.45, 7) is 5.48. The van der Waals surface area contributed by atoms with E-state index < -0.39 is 0 Å². The Labute approximate surface area is 129 Å². The van der Waals surface area contributed by atoms with Crippen LogP contribution in [-0.2, 0) is 6.54 Å². The van der Waals surface area contributed by atoms with Crippen molar-refractivity contribution in [2.75, 3.05) is 6.61 Å². The Hall–Kier alpha value is -2.56. The molecule has 3 aromatic rings. The lowest BCUT2D eigenvalue weighted by Gasteiger charge is -2.07. The highest BCUT2D eigenvalue weighted by atomic mass is 16.5. The van der Waals surface area contributed by atoms with Gasteiger partial charge in [0.25, 0.3) is 0 Å². The number of aromatic nitrogens is 3. The van der Waals surface area contributed by atoms with Crippen molar-refractivity contribution in [2.45, 2.75) is 26.3 Å². The first-order chi connectivity index (χ1) is 10.7. The molecule has 0 bridgehead atoms. The van der Waals surface area contributed by atoms with Gasteiger partial charge in [0.15, 0.2) is 11.7 Å². The summed E-state index contributed by atoms with van der Waals surface area (Å²) in [7, 11) is 0. The maximum Gasteiger partial charge on any atom is 0.197 e. The normalized spacial score (nSPS) is 11.0. The number of benzene rings is 1. The van der Waals surface area contributed by atoms with Gasteiger partial charge in [0.2, 0.25) is 0 Å². The summed E-state index contributed by atoms with van der Waals surface area (Å²) in [6.07, 6.45) is 7.22. The van der Waals surface area contributed by atoms with Gasteiger partial charge in [-0.3, -0.25) is 0 Å². The second-order valence-corrected chi connectivity index (χ2v) is 5.39. The fourth-order valence-corrected chi connectivity index (χ4v) is 2.12. The lowest BCUT2D eigenvalue weighted by molar-refractivity contribution is 0.298. The van der Waals surface area contributed by atoms with Crippen LogP contribution < -0.4 is 4.74 Å². The largest absolute Gasteiger partial charge is 0.492 e. The summed E-state index contributed by atoms with van der Waals surface area (Å²) in [5, 5.41) is 0. The summed E-state index contributed by atoms with van der Waals surface area (Å²) in [5.41, 5.74) is 0.972. The van der Waals surface area contributed by atoms with Crippen LogP contribution in [0, 0.1) is 0 Å². The molecule has 2 aromatic heterocycles. The molecule has 3 rings (SSSR count). The standard InChI is InChI=1S/C17H19N3O2/c1-13(2)17-19-11-16(22-17)14-4-3-5-15(10-14)21-9-8-20-7-6-18-12-20/h3-7,10-13H,8-9H2,1-2H3. The Morgan fingerprint density at radius 3 is 2.95 bits per heavy atom. The van der Waals surface area contributed by atoms with Crippen molar-refractivity contribution >= 4 is 0 Å². The van der Waals surface area contributed by atoms with Crippen LogP contribution in [0.3, 0.4) is 0 Å². The van der Waals surface area contributed by atoms with Gasteiger partial charge in [-0.15, -0.1) is 0 Å². The van der Waals surface area contributed by atoms with Crippen LogP contribution in [0.1, 0.15) is 25.7 Å². The summed E-state index contributed by atoms with van der Waals surface area (Å²) in [6, 6.07) is 7.86. The molecule has 0 N–H and O–H groups in total. The third-order valence-electron chi connectivity index (χ3n) is 3.31. The Morgan fingerprint density at radius 1 is 1.32 bits per heavy atom. The van der Waals surface area contributed by atoms with Crippen molar-refractivity contribution in [1.29, 1.82) is 0 Å². The Morgan fingerprint density at radius 2 is 2.23 bits per heavy atom. The number of ether oxygens (including phenoxy) is 1. The zero-order valence-electron chi connectivity index (χ0n) is 12.8. The second-order valence-electron chi connectivity index (χ2n) is 5.39. The number of rotatable bonds is 6. The summed E-state index contributed by atoms with van der Waals surface area (Å²) in [4.78, 5) is 8.31. The smallest absolute Gasteiger partial charge is 0.197 e. The van der Waals surface area contributed by atoms with Gasteiger partial charge in [-0.25, -0.2) is 9.97 Å². The van der Waals surface area contributed by atoms with Crippen LogP contribution in [0.25, 0.3) is 11.3 Å². The van der Waals surface area contributed by atoms with Crippen LogP contribution >= 0.6 is 0 Å². The third-order valence-corrected chi connectivity index (χ3v) is 3.31. The number of hydrogen-bond donors (Lipinski definition) is 0. The van der Waals surface area contributed by atoms with Gasteiger partial charge >= 0.3 is 0 Å². The van der Waals surface area contributed by atoms with E-state index in [9.17, 15) is 0 Å². The average Bonchev–Trinajstić information content (AvgIpc) is 3.19. The molecule has 0 aliphatic carbocycles. The fraction of sp³-hybridized carbons (Fsp3) is 0.294. The van der Waals surface area contributed by atoms with Gasteiger partial charge in [0.1, 0.15) is 12.4 Å². The molecule has 0 unspecified atom stereocenters. The van der Waals surface area contributed by atoms with Gasteiger partial charge in [0.05, 0.1) is 19.1 Å². The van der Waals surface area contributed by atoms with Crippen LogP contribution in [0.4, 0.5) is 0 Å². The van der Waals surface area contributed by atoms with Crippen molar-refractivity contribution in [3.05, 3.63) is 55.1 Å². The molecule has 22 heavy (non-hydrogen) atoms. The summed E-state index contributed by atoms with van der Waals surface area (Å²) < 4.78 is 13.5. The molecular weight excluding hydrogens is 278 g/mol. The first kappa shape index (κ1) is 14.4. The molecule has 0 amide bonds. The van der Waals surface area contributed by atoms with Crippen LogP contribution in [-0.4, -0.2) is 21.1 Å². The molecular formula is C17H19N3O2. The Kier molecular flexibility index (Phi) is 4.23. The fourth-order valence-electron chi connectivity index (χ4n) is 2.12. The van der Waals surface area contributed by atoms with Gasteiger partial charge < -0.3 is 13.7 Å². The van der Waals surface area contributed by atoms with Crippen molar-refractivity contribution in [3.63, 3.8) is 0 Å². The van der Waals surface area contributed by atoms with Crippen LogP contribution in [0.15, 0.2) is 53.6 Å². The number of imidazole rings is 1. The predicted octanol–water partition coefficient (Wildman–Crippen LogP) is 3.74. The van der Waals surface area contributed by atoms with Gasteiger partial charge in [-0.2, -0.15) is 0 Å². The first-order valence-electron chi connectivity index (χ1n) is 7.37. The van der Waals surface area contributed by atoms with E-state index in [2.05, 4.69) is 23.8 Å². The zero-order chi connectivity index (χ0) is 15.4. The van der Waals surface area contributed by atoms with Crippen LogP contribution in [0.5, 0.6) is 5.75 Å². The Bertz CT molecular complexity index is 717. The quantitative estimate of drug-likeness (QED) is 0.695. The van der Waals surface area contributed by atoms with Crippen molar-refractivity contribution in [2.24, 2.45) is 0 Å². The van der Waals surface area contributed by atoms with Crippen molar-refractivity contribution in [1.82, 2.24) is 14.5 Å². The molecule has 0 fully saturated rings. The van der Waals surface area contributed by atoms with Gasteiger partial charge in [-0.05, 0) is 12.1 Å². The van der Waals surface area contributed by atoms with E-state index in [-0.39, 0.29) is 5.92 Å². The molecule has 1 aromatic carbocycles. The molecule has 0 aliphatic heterocycles. The summed E-state index contributed by atoms with van der Waals surface area (Å²) in [5.74, 6) is 2.62. The summed E-state index contributed by atoms with van der Waals surface area (Å²) >= 11 is 0. The monoisotopic (exact) mass is 297 g/mol. The van der Waals surface area contributed by atoms with E-state index in [0.717, 1.165) is 29.5 Å². The highest BCUT2D eigenvalue weighted by Gasteiger charge is 2.10. The highest BCUT2D eigenvalue weighted by Crippen LogP contribution is 2.26. The molecule has 0 spiro atoms. The van der Waals surface area contributed by atoms with E-state index in [1.165, 1.54) is 0 Å². The first-order valence-corrected chi connectivity index (χ1v) is 7.37. The van der Waals surface area contributed by atoms with Crippen LogP contribution in [0.2, 0.25) is 0 Å². The minimum atomic E-state index is 0.281. The maximum absolute atomic E-state index is 5.79. The van der Waals surface area contributed by atoms with E-state index in [1.807, 2.05) is 35.0 Å². The minimum absolute atomic E-state index is 0.281. The van der Waals surface area contributed by atoms with E-state index >= 15 is 0 Å². The average molecular weight is 297 g/mol. The van der Waals surface area contributed by atoms with Crippen molar-refractivity contribution < 1.29 is 9.15 Å². The lowest BCUT2D eigenvalue weighted by atomic mass is 10.2. The second kappa shape index (κ2) is 6.47. The molecule has 0 atom stereocenters. The molecule has 0 radical (unpaired) electrons. The minimum Gasteiger partial charge on any atom is -0.492 e. The maximum atomic E-state index is 5.79. The Balaban J connectivity index is 1.66. The molecule has 114 valence electrons. The van der Waals surface area contributed by atoms with E-state index in [1.54, 1.807) is 18.7 Å². The zero-order valence-corrected chi connectivity index (χ0v) is 12.8. The third kappa shape index (κ3) is 3.36. The lowest BCUT2D eigenvalue weighted by Crippen LogP contribution is -2.06. The van der Waals surface area contributed by atoms with E-state index in [4.69, 9.17) is 9.15 Å². The predicted molar refractivity (Wildman–Crippen MR) is 83.8 cm³/mol. The number of nitrogens with zero attached hydrogens (tertiary/aromatic N) is 3. The van der Waals surface area contributed by atoms with Crippen molar-refractivity contribution in [3.8, 4) is 17.1 Å².